The van der Waals surface area contributed by atoms with Crippen molar-refractivity contribution >= 4 is 7.82 Å². The van der Waals surface area contributed by atoms with Crippen molar-refractivity contribution in [2.75, 3.05) is 60.7 Å². The molecule has 4 aliphatic rings. The molecule has 0 spiro atoms. The summed E-state index contributed by atoms with van der Waals surface area (Å²) in [7, 11) is 1.98. The van der Waals surface area contributed by atoms with Crippen LogP contribution in [-0.2, 0) is 23.1 Å². The maximum absolute atomic E-state index is 12.0. The van der Waals surface area contributed by atoms with Crippen LogP contribution in [0.1, 0.15) is 119 Å². The molecule has 0 aromatic heterocycles. The number of fused-ring (bicyclic) bond motifs is 5. The molecule has 4 aliphatic carbocycles. The quantitative estimate of drug-likeness (QED) is 0.0873. The van der Waals surface area contributed by atoms with Gasteiger partial charge in [-0.05, 0) is 122 Å². The molecule has 0 aliphatic heterocycles. The molecule has 4 saturated carbocycles. The molecule has 0 aromatic rings. The van der Waals surface area contributed by atoms with Gasteiger partial charge in [-0.15, -0.1) is 0 Å². The van der Waals surface area contributed by atoms with E-state index in [4.69, 9.17) is 18.5 Å². The maximum atomic E-state index is 12.0. The summed E-state index contributed by atoms with van der Waals surface area (Å²) in [6.07, 6.45) is 16.8. The third kappa shape index (κ3) is 10.5. The van der Waals surface area contributed by atoms with Crippen molar-refractivity contribution in [1.29, 1.82) is 0 Å². The average Bonchev–Trinajstić information content (AvgIpc) is 3.33. The lowest BCUT2D eigenvalue weighted by atomic mass is 9.44. The Labute approximate surface area is 288 Å². The Morgan fingerprint density at radius 1 is 0.830 bits per heavy atom. The lowest BCUT2D eigenvalue weighted by molar-refractivity contribution is -0.870. The van der Waals surface area contributed by atoms with Crippen LogP contribution in [0.4, 0.5) is 0 Å². The number of phosphoric acid groups is 1. The SMILES string of the molecule is CC[C@H](CC[C@@H](C)[C@H]1CCC2C3CCC4C[C@@H](OCCOCCOP(=O)(O)OCC[N+](C)(C)C)CC[C@]4(C)C3CC[C@@]21C)C(C)C.[OH-]. The first-order chi connectivity index (χ1) is 21.6. The molecule has 0 heterocycles. The summed E-state index contributed by atoms with van der Waals surface area (Å²) in [5.74, 6) is 7.03. The van der Waals surface area contributed by atoms with E-state index in [1.165, 1.54) is 70.6 Å². The zero-order valence-corrected chi connectivity index (χ0v) is 32.6. The Bertz CT molecular complexity index is 990. The van der Waals surface area contributed by atoms with Crippen LogP contribution in [0.2, 0.25) is 0 Å². The van der Waals surface area contributed by atoms with Gasteiger partial charge in [0.05, 0.1) is 53.7 Å². The molecule has 2 N–H and O–H groups in total. The zero-order valence-electron chi connectivity index (χ0n) is 31.8. The largest absolute Gasteiger partial charge is 0.870 e. The van der Waals surface area contributed by atoms with E-state index >= 15 is 0 Å². The van der Waals surface area contributed by atoms with Crippen LogP contribution in [0.25, 0.3) is 0 Å². The minimum absolute atomic E-state index is 0. The average molecular weight is 688 g/mol. The van der Waals surface area contributed by atoms with E-state index in [1.807, 2.05) is 21.1 Å². The van der Waals surface area contributed by atoms with Crippen molar-refractivity contribution in [3.05, 3.63) is 0 Å². The van der Waals surface area contributed by atoms with Gasteiger partial charge in [-0.2, -0.15) is 0 Å². The Kier molecular flexibility index (Phi) is 15.4. The van der Waals surface area contributed by atoms with Crippen LogP contribution in [0.3, 0.4) is 0 Å². The third-order valence-corrected chi connectivity index (χ3v) is 14.9. The molecular formula is C38H74NO7P. The molecule has 0 amide bonds. The van der Waals surface area contributed by atoms with Gasteiger partial charge in [-0.25, -0.2) is 4.57 Å². The summed E-state index contributed by atoms with van der Waals surface area (Å²) >= 11 is 0. The Morgan fingerprint density at radius 3 is 2.17 bits per heavy atom. The number of likely N-dealkylation sites (N-methyl/N-ethyl adjacent to an activating group) is 1. The van der Waals surface area contributed by atoms with Crippen LogP contribution in [0.5, 0.6) is 0 Å². The number of rotatable bonds is 18. The first-order valence-corrected chi connectivity index (χ1v) is 20.7. The van der Waals surface area contributed by atoms with Gasteiger partial charge in [0.1, 0.15) is 13.2 Å². The monoisotopic (exact) mass is 688 g/mol. The molecule has 8 nitrogen and oxygen atoms in total. The number of phosphoric ester groups is 1. The second kappa shape index (κ2) is 17.4. The summed E-state index contributed by atoms with van der Waals surface area (Å²) in [4.78, 5) is 9.85. The highest BCUT2D eigenvalue weighted by Crippen LogP contribution is 2.68. The molecule has 11 atom stereocenters. The van der Waals surface area contributed by atoms with E-state index in [2.05, 4.69) is 41.5 Å². The molecule has 9 heteroatoms. The van der Waals surface area contributed by atoms with Crippen LogP contribution < -0.4 is 0 Å². The van der Waals surface area contributed by atoms with E-state index in [1.54, 1.807) is 0 Å². The highest BCUT2D eigenvalue weighted by molar-refractivity contribution is 7.47. The van der Waals surface area contributed by atoms with Gasteiger partial charge in [0.15, 0.2) is 0 Å². The van der Waals surface area contributed by atoms with E-state index in [-0.39, 0.29) is 25.3 Å². The van der Waals surface area contributed by atoms with Crippen molar-refractivity contribution in [1.82, 2.24) is 0 Å². The third-order valence-electron chi connectivity index (χ3n) is 13.9. The van der Waals surface area contributed by atoms with E-state index in [0.29, 0.717) is 41.2 Å². The fraction of sp³-hybridized carbons (Fsp3) is 1.00. The molecule has 0 saturated heterocycles. The van der Waals surface area contributed by atoms with E-state index in [9.17, 15) is 9.46 Å². The smallest absolute Gasteiger partial charge is 0.472 e. The van der Waals surface area contributed by atoms with Crippen molar-refractivity contribution in [2.45, 2.75) is 125 Å². The van der Waals surface area contributed by atoms with E-state index in [0.717, 1.165) is 53.8 Å². The second-order valence-electron chi connectivity index (χ2n) is 17.9. The van der Waals surface area contributed by atoms with Crippen LogP contribution >= 0.6 is 7.82 Å². The molecule has 47 heavy (non-hydrogen) atoms. The molecule has 4 rings (SSSR count). The topological polar surface area (TPSA) is 104 Å². The summed E-state index contributed by atoms with van der Waals surface area (Å²) < 4.78 is 34.8. The van der Waals surface area contributed by atoms with Crippen molar-refractivity contribution in [3.63, 3.8) is 0 Å². The van der Waals surface area contributed by atoms with Gasteiger partial charge in [0.25, 0.3) is 0 Å². The predicted molar refractivity (Wildman–Crippen MR) is 189 cm³/mol. The number of ether oxygens (including phenoxy) is 2. The molecule has 4 fully saturated rings. The van der Waals surface area contributed by atoms with Gasteiger partial charge in [-0.1, -0.05) is 54.4 Å². The number of quaternary nitrogens is 1. The van der Waals surface area contributed by atoms with Gasteiger partial charge >= 0.3 is 7.82 Å². The molecule has 0 radical (unpaired) electrons. The van der Waals surface area contributed by atoms with Crippen molar-refractivity contribution in [3.8, 4) is 0 Å². The normalized spacial score (nSPS) is 36.5. The summed E-state index contributed by atoms with van der Waals surface area (Å²) in [5.41, 5.74) is 1.03. The van der Waals surface area contributed by atoms with E-state index < -0.39 is 7.82 Å². The Balaban J connectivity index is 0.00000600. The summed E-state index contributed by atoms with van der Waals surface area (Å²) in [5, 5.41) is 0. The summed E-state index contributed by atoms with van der Waals surface area (Å²) in [6, 6.07) is 0. The predicted octanol–water partition coefficient (Wildman–Crippen LogP) is 8.81. The van der Waals surface area contributed by atoms with Gasteiger partial charge in [0, 0.05) is 0 Å². The standard InChI is InChI=1S/C38H72NO6P.H2O/c1-10-30(28(2)3)12-11-29(4)34-15-16-35-33-14-13-31-27-32(17-19-37(31,5)36(33)18-20-38(34,35)6)43-25-23-42-24-26-45-46(40,41)44-22-21-39(7,8)9;/h28-36H,10-27H2,1-9H3;1H2/t29-,30-,31?,32+,33?,34-,35?,36?,37+,38-;/m1./s1. The molecule has 5 unspecified atom stereocenters. The van der Waals surface area contributed by atoms with Crippen LogP contribution in [0, 0.1) is 58.2 Å². The first-order valence-electron chi connectivity index (χ1n) is 19.2. The van der Waals surface area contributed by atoms with Gasteiger partial charge < -0.3 is 24.3 Å². The fourth-order valence-corrected chi connectivity index (χ4v) is 11.8. The Morgan fingerprint density at radius 2 is 1.49 bits per heavy atom. The zero-order chi connectivity index (χ0) is 33.8. The number of hydrogen-bond acceptors (Lipinski definition) is 6. The number of nitrogens with zero attached hydrogens (tertiary/aromatic N) is 1. The van der Waals surface area contributed by atoms with Crippen molar-refractivity contribution < 1.29 is 37.9 Å². The number of hydrogen-bond donors (Lipinski definition) is 1. The highest BCUT2D eigenvalue weighted by atomic mass is 31.2. The fourth-order valence-electron chi connectivity index (χ4n) is 11.1. The molecule has 278 valence electrons. The molecular weight excluding hydrogens is 613 g/mol. The second-order valence-corrected chi connectivity index (χ2v) is 19.3. The lowest BCUT2D eigenvalue weighted by Gasteiger charge is -2.61. The van der Waals surface area contributed by atoms with Gasteiger partial charge in [0.2, 0.25) is 0 Å². The lowest BCUT2D eigenvalue weighted by Crippen LogP contribution is -2.54. The van der Waals surface area contributed by atoms with Gasteiger partial charge in [-0.3, -0.25) is 9.05 Å². The molecule has 0 bridgehead atoms. The maximum Gasteiger partial charge on any atom is 0.472 e. The Hall–Kier alpha value is -0.0500. The van der Waals surface area contributed by atoms with Crippen LogP contribution in [-0.4, -0.2) is 81.7 Å². The van der Waals surface area contributed by atoms with Crippen LogP contribution in [0.15, 0.2) is 0 Å². The molecule has 0 aromatic carbocycles. The minimum atomic E-state index is -4.04. The van der Waals surface area contributed by atoms with Crippen molar-refractivity contribution in [2.24, 2.45) is 58.2 Å². The summed E-state index contributed by atoms with van der Waals surface area (Å²) in [6.45, 7) is 17.3. The minimum Gasteiger partial charge on any atom is -0.870 e. The highest BCUT2D eigenvalue weighted by Gasteiger charge is 2.60. The first kappa shape index (κ1) is 41.4.